The summed E-state index contributed by atoms with van der Waals surface area (Å²) in [4.78, 5) is 0. The van der Waals surface area contributed by atoms with Crippen molar-refractivity contribution in [1.29, 1.82) is 0 Å². The molecule has 0 spiro atoms. The monoisotopic (exact) mass is 518 g/mol. The topological polar surface area (TPSA) is 0 Å². The number of hydrogen-bond donors (Lipinski definition) is 0. The van der Waals surface area contributed by atoms with Gasteiger partial charge in [-0.3, -0.25) is 0 Å². The Morgan fingerprint density at radius 3 is 1.68 bits per heavy atom. The molecule has 28 heavy (non-hydrogen) atoms. The molecule has 0 fully saturated rings. The fourth-order valence-electron chi connectivity index (χ4n) is 4.40. The molecule has 0 aromatic heterocycles. The van der Waals surface area contributed by atoms with Gasteiger partial charge in [0.25, 0.3) is 11.8 Å². The van der Waals surface area contributed by atoms with E-state index in [1.165, 1.54) is 29.5 Å². The highest BCUT2D eigenvalue weighted by molar-refractivity contribution is 14.1. The maximum absolute atomic E-state index is 14.9. The second-order valence-corrected chi connectivity index (χ2v) is 8.41. The Hall–Kier alpha value is -1.39. The molecule has 2 aromatic rings. The highest BCUT2D eigenvalue weighted by Crippen LogP contribution is 2.59. The van der Waals surface area contributed by atoms with Crippen molar-refractivity contribution in [1.82, 2.24) is 0 Å². The van der Waals surface area contributed by atoms with Crippen molar-refractivity contribution in [3.63, 3.8) is 0 Å². The van der Waals surface area contributed by atoms with Crippen LogP contribution >= 0.6 is 22.6 Å². The molecule has 0 saturated carbocycles. The van der Waals surface area contributed by atoms with Crippen LogP contribution in [0.25, 0.3) is 0 Å². The molecule has 2 aliphatic rings. The van der Waals surface area contributed by atoms with E-state index < -0.39 is 70.9 Å². The van der Waals surface area contributed by atoms with Gasteiger partial charge in [-0.05, 0) is 65.1 Å². The first-order chi connectivity index (χ1) is 12.9. The summed E-state index contributed by atoms with van der Waals surface area (Å²) >= 11 is 1.43. The molecule has 9 heteroatoms. The Balaban J connectivity index is 1.83. The van der Waals surface area contributed by atoms with Gasteiger partial charge in [-0.1, -0.05) is 6.07 Å². The van der Waals surface area contributed by atoms with Crippen molar-refractivity contribution in [3.8, 4) is 0 Å². The number of hydrogen-bond acceptors (Lipinski definition) is 0. The van der Waals surface area contributed by atoms with Gasteiger partial charge in [0.2, 0.25) is 0 Å². The van der Waals surface area contributed by atoms with Crippen molar-refractivity contribution >= 4 is 22.6 Å². The van der Waals surface area contributed by atoms with Gasteiger partial charge in [-0.25, -0.2) is 35.1 Å². The van der Waals surface area contributed by atoms with E-state index in [1.54, 1.807) is 0 Å². The Morgan fingerprint density at radius 1 is 0.750 bits per heavy atom. The molecule has 4 rings (SSSR count). The molecule has 2 aromatic carbocycles. The third-order valence-electron chi connectivity index (χ3n) is 5.68. The number of aryl methyl sites for hydroxylation is 1. The Labute approximate surface area is 168 Å². The first-order valence-corrected chi connectivity index (χ1v) is 9.37. The fraction of sp³-hybridized carbons (Fsp3) is 0.368. The van der Waals surface area contributed by atoms with E-state index in [-0.39, 0.29) is 20.3 Å². The highest BCUT2D eigenvalue weighted by Gasteiger charge is 2.63. The smallest absolute Gasteiger partial charge is 0.203 e. The highest BCUT2D eigenvalue weighted by atomic mass is 127. The number of halogens is 9. The van der Waals surface area contributed by atoms with Crippen molar-refractivity contribution in [2.45, 2.75) is 31.6 Å². The first-order valence-electron chi connectivity index (χ1n) is 8.29. The van der Waals surface area contributed by atoms with Crippen molar-refractivity contribution in [3.05, 3.63) is 66.8 Å². The molecule has 0 radical (unpaired) electrons. The van der Waals surface area contributed by atoms with Crippen LogP contribution < -0.4 is 0 Å². The van der Waals surface area contributed by atoms with E-state index in [0.717, 1.165) is 12.1 Å². The lowest BCUT2D eigenvalue weighted by Crippen LogP contribution is -2.37. The Bertz CT molecular complexity index is 932. The van der Waals surface area contributed by atoms with Gasteiger partial charge >= 0.3 is 0 Å². The summed E-state index contributed by atoms with van der Waals surface area (Å²) in [5.74, 6) is -18.8. The standard InChI is InChI=1S/C19H11F8I/c1-6-2-7-3-9(18(24,25)12(7)16(22)14(6)20)10-4-8-5-11(28)15(21)17(23)13(8)19(10,26)27/h2,5,9-10H,3-4H2,1H3. The average Bonchev–Trinajstić information content (AvgIpc) is 2.99. The molecule has 150 valence electrons. The summed E-state index contributed by atoms with van der Waals surface area (Å²) in [5.41, 5.74) is -3.18. The number of rotatable bonds is 1. The van der Waals surface area contributed by atoms with E-state index in [0.29, 0.717) is 0 Å². The normalized spacial score (nSPS) is 24.4. The zero-order valence-corrected chi connectivity index (χ0v) is 16.3. The molecular formula is C19H11F8I. The van der Waals surface area contributed by atoms with Crippen LogP contribution in [0.15, 0.2) is 12.1 Å². The van der Waals surface area contributed by atoms with Crippen LogP contribution in [-0.2, 0) is 24.7 Å². The van der Waals surface area contributed by atoms with Crippen LogP contribution in [-0.4, -0.2) is 0 Å². The lowest BCUT2D eigenvalue weighted by Gasteiger charge is -2.30. The van der Waals surface area contributed by atoms with Crippen molar-refractivity contribution in [2.24, 2.45) is 11.8 Å². The summed E-state index contributed by atoms with van der Waals surface area (Å²) in [7, 11) is 0. The summed E-state index contributed by atoms with van der Waals surface area (Å²) < 4.78 is 115. The second-order valence-electron chi connectivity index (χ2n) is 7.24. The van der Waals surface area contributed by atoms with Crippen LogP contribution in [0.1, 0.15) is 27.8 Å². The Kier molecular flexibility index (Phi) is 4.31. The van der Waals surface area contributed by atoms with E-state index in [2.05, 4.69) is 0 Å². The van der Waals surface area contributed by atoms with Gasteiger partial charge in [0.1, 0.15) is 0 Å². The summed E-state index contributed by atoms with van der Waals surface area (Å²) in [5, 5.41) is 0. The lowest BCUT2D eigenvalue weighted by atomic mass is 9.83. The molecule has 0 aliphatic heterocycles. The largest absolute Gasteiger partial charge is 0.280 e. The molecule has 0 bridgehead atoms. The van der Waals surface area contributed by atoms with Gasteiger partial charge in [-0.2, -0.15) is 0 Å². The third-order valence-corrected chi connectivity index (χ3v) is 6.46. The maximum Gasteiger partial charge on any atom is 0.280 e. The van der Waals surface area contributed by atoms with Gasteiger partial charge in [0.15, 0.2) is 23.3 Å². The number of benzene rings is 2. The molecule has 2 unspecified atom stereocenters. The summed E-state index contributed by atoms with van der Waals surface area (Å²) in [6.45, 7) is 1.18. The van der Waals surface area contributed by atoms with E-state index in [9.17, 15) is 35.1 Å². The molecule has 0 N–H and O–H groups in total. The summed E-state index contributed by atoms with van der Waals surface area (Å²) in [6.07, 6.45) is -1.23. The van der Waals surface area contributed by atoms with Crippen molar-refractivity contribution in [2.75, 3.05) is 0 Å². The maximum atomic E-state index is 14.9. The minimum atomic E-state index is -4.08. The average molecular weight is 518 g/mol. The fourth-order valence-corrected chi connectivity index (χ4v) is 5.01. The Morgan fingerprint density at radius 2 is 1.18 bits per heavy atom. The third kappa shape index (κ3) is 2.46. The second kappa shape index (κ2) is 6.06. The van der Waals surface area contributed by atoms with E-state index >= 15 is 0 Å². The van der Waals surface area contributed by atoms with Gasteiger partial charge in [-0.15, -0.1) is 0 Å². The van der Waals surface area contributed by atoms with Crippen LogP contribution in [0.3, 0.4) is 0 Å². The molecule has 0 heterocycles. The van der Waals surface area contributed by atoms with E-state index in [4.69, 9.17) is 0 Å². The number of fused-ring (bicyclic) bond motifs is 2. The van der Waals surface area contributed by atoms with E-state index in [1.807, 2.05) is 0 Å². The quantitative estimate of drug-likeness (QED) is 0.234. The minimum Gasteiger partial charge on any atom is -0.203 e. The first kappa shape index (κ1) is 19.9. The van der Waals surface area contributed by atoms with Crippen molar-refractivity contribution < 1.29 is 35.1 Å². The van der Waals surface area contributed by atoms with Crippen LogP contribution in [0.2, 0.25) is 0 Å². The molecule has 0 saturated heterocycles. The molecule has 2 atom stereocenters. The molecule has 0 nitrogen and oxygen atoms in total. The lowest BCUT2D eigenvalue weighted by molar-refractivity contribution is -0.147. The van der Waals surface area contributed by atoms with Crippen LogP contribution in [0.4, 0.5) is 35.1 Å². The van der Waals surface area contributed by atoms with Gasteiger partial charge in [0, 0.05) is 11.8 Å². The molecular weight excluding hydrogens is 507 g/mol. The van der Waals surface area contributed by atoms with Crippen LogP contribution in [0.5, 0.6) is 0 Å². The SMILES string of the molecule is Cc1cc2c(c(F)c1F)C(F)(F)C(C1Cc3cc(I)c(F)c(F)c3C1(F)F)C2. The minimum absolute atomic E-state index is 0.211. The molecule has 0 amide bonds. The number of alkyl halides is 4. The molecule has 2 aliphatic carbocycles. The van der Waals surface area contributed by atoms with Gasteiger partial charge < -0.3 is 0 Å². The van der Waals surface area contributed by atoms with Crippen LogP contribution in [0, 0.1) is 45.6 Å². The van der Waals surface area contributed by atoms with Gasteiger partial charge in [0.05, 0.1) is 14.7 Å². The zero-order valence-electron chi connectivity index (χ0n) is 14.1. The zero-order chi connectivity index (χ0) is 20.8. The summed E-state index contributed by atoms with van der Waals surface area (Å²) in [6, 6.07) is 2.03. The predicted molar refractivity (Wildman–Crippen MR) is 92.3 cm³/mol. The predicted octanol–water partition coefficient (Wildman–Crippen LogP) is 6.38.